The van der Waals surface area contributed by atoms with Crippen LogP contribution in [0, 0.1) is 0 Å². The average molecular weight is 346 g/mol. The van der Waals surface area contributed by atoms with E-state index in [0.717, 1.165) is 5.56 Å². The van der Waals surface area contributed by atoms with E-state index in [9.17, 15) is 4.79 Å². The Balaban J connectivity index is 1.89. The molecule has 1 atom stereocenters. The second-order valence-corrected chi connectivity index (χ2v) is 6.03. The largest absolute Gasteiger partial charge is 0.349 e. The summed E-state index contributed by atoms with van der Waals surface area (Å²) in [5, 5.41) is 11.7. The Morgan fingerprint density at radius 3 is 2.86 bits per heavy atom. The molecule has 0 spiro atoms. The summed E-state index contributed by atoms with van der Waals surface area (Å²) < 4.78 is 1.26. The van der Waals surface area contributed by atoms with Gasteiger partial charge in [0.15, 0.2) is 0 Å². The van der Waals surface area contributed by atoms with E-state index in [1.165, 1.54) is 22.8 Å². The first-order valence-electron chi connectivity index (χ1n) is 5.99. The number of halogens is 2. The molecule has 112 valence electrons. The Morgan fingerprint density at radius 1 is 1.48 bits per heavy atom. The minimum atomic E-state index is -0.177. The van der Waals surface area contributed by atoms with E-state index in [-0.39, 0.29) is 17.7 Å². The van der Waals surface area contributed by atoms with Gasteiger partial charge in [-0.2, -0.15) is 0 Å². The van der Waals surface area contributed by atoms with Crippen molar-refractivity contribution in [1.29, 1.82) is 0 Å². The Hall–Kier alpha value is -1.44. The van der Waals surface area contributed by atoms with Crippen molar-refractivity contribution in [2.45, 2.75) is 18.1 Å². The summed E-state index contributed by atoms with van der Waals surface area (Å²) >= 11 is 13.0. The molecule has 1 amide bonds. The summed E-state index contributed by atoms with van der Waals surface area (Å²) in [6.45, 7) is 1.87. The number of thioether (sulfide) groups is 1. The van der Waals surface area contributed by atoms with Crippen LogP contribution in [0.1, 0.15) is 18.5 Å². The third-order valence-electron chi connectivity index (χ3n) is 2.69. The van der Waals surface area contributed by atoms with E-state index in [4.69, 9.17) is 29.0 Å². The number of benzene rings is 1. The van der Waals surface area contributed by atoms with Crippen molar-refractivity contribution in [1.82, 2.24) is 20.2 Å². The second kappa shape index (κ2) is 7.02. The number of rotatable bonds is 5. The number of nitrogens with zero attached hydrogens (tertiary/aromatic N) is 3. The summed E-state index contributed by atoms with van der Waals surface area (Å²) in [5.74, 6) is 5.62. The zero-order chi connectivity index (χ0) is 15.4. The van der Waals surface area contributed by atoms with Gasteiger partial charge in [-0.1, -0.05) is 41.0 Å². The molecule has 21 heavy (non-hydrogen) atoms. The van der Waals surface area contributed by atoms with Gasteiger partial charge in [0.05, 0.1) is 21.8 Å². The van der Waals surface area contributed by atoms with E-state index in [1.807, 2.05) is 13.0 Å². The number of nitrogen functional groups attached to an aromatic ring is 1. The fourth-order valence-corrected chi connectivity index (χ4v) is 2.56. The van der Waals surface area contributed by atoms with Gasteiger partial charge in [-0.05, 0) is 24.6 Å². The molecule has 6 nitrogen and oxygen atoms in total. The van der Waals surface area contributed by atoms with Gasteiger partial charge < -0.3 is 11.2 Å². The number of amides is 1. The van der Waals surface area contributed by atoms with Crippen LogP contribution in [0.15, 0.2) is 29.7 Å². The first kappa shape index (κ1) is 15.9. The Labute approximate surface area is 136 Å². The molecule has 2 rings (SSSR count). The lowest BCUT2D eigenvalue weighted by Crippen LogP contribution is -2.28. The zero-order valence-corrected chi connectivity index (χ0v) is 13.4. The molecule has 0 unspecified atom stereocenters. The number of nitrogens with one attached hydrogen (secondary N) is 1. The highest BCUT2D eigenvalue weighted by molar-refractivity contribution is 7.99. The quantitative estimate of drug-likeness (QED) is 0.641. The third kappa shape index (κ3) is 4.26. The molecule has 1 aromatic carbocycles. The molecule has 3 N–H and O–H groups in total. The monoisotopic (exact) mass is 345 g/mol. The van der Waals surface area contributed by atoms with Crippen molar-refractivity contribution >= 4 is 40.9 Å². The van der Waals surface area contributed by atoms with E-state index in [1.54, 1.807) is 12.1 Å². The number of carbonyl (C=O) groups excluding carboxylic acids is 1. The fourth-order valence-electron chi connectivity index (χ4n) is 1.61. The zero-order valence-electron chi connectivity index (χ0n) is 11.1. The molecule has 1 aromatic heterocycles. The van der Waals surface area contributed by atoms with Crippen molar-refractivity contribution in [3.63, 3.8) is 0 Å². The topological polar surface area (TPSA) is 85.8 Å². The number of nitrogens with two attached hydrogens (primary N) is 1. The van der Waals surface area contributed by atoms with Crippen LogP contribution in [0.5, 0.6) is 0 Å². The van der Waals surface area contributed by atoms with Crippen molar-refractivity contribution in [2.75, 3.05) is 11.6 Å². The van der Waals surface area contributed by atoms with Crippen LogP contribution in [0.3, 0.4) is 0 Å². The van der Waals surface area contributed by atoms with Gasteiger partial charge in [0.25, 0.3) is 0 Å². The molecule has 0 aliphatic heterocycles. The van der Waals surface area contributed by atoms with Crippen molar-refractivity contribution < 1.29 is 4.79 Å². The second-order valence-electron chi connectivity index (χ2n) is 4.27. The Morgan fingerprint density at radius 2 is 2.24 bits per heavy atom. The summed E-state index contributed by atoms with van der Waals surface area (Å²) in [6, 6.07) is 5.08. The molecule has 0 fully saturated rings. The Bertz CT molecular complexity index is 648. The lowest BCUT2D eigenvalue weighted by molar-refractivity contribution is -0.119. The predicted octanol–water partition coefficient (Wildman–Crippen LogP) is 2.27. The smallest absolute Gasteiger partial charge is 0.230 e. The molecule has 0 bridgehead atoms. The summed E-state index contributed by atoms with van der Waals surface area (Å²) in [7, 11) is 0. The summed E-state index contributed by atoms with van der Waals surface area (Å²) in [6.07, 6.45) is 1.37. The summed E-state index contributed by atoms with van der Waals surface area (Å²) in [5.41, 5.74) is 0.879. The van der Waals surface area contributed by atoms with Crippen LogP contribution >= 0.6 is 35.0 Å². The number of hydrogen-bond acceptors (Lipinski definition) is 5. The minimum absolute atomic E-state index is 0.137. The van der Waals surface area contributed by atoms with Gasteiger partial charge >= 0.3 is 0 Å². The van der Waals surface area contributed by atoms with Gasteiger partial charge in [-0.15, -0.1) is 10.2 Å². The van der Waals surface area contributed by atoms with E-state index in [2.05, 4.69) is 15.5 Å². The molecule has 0 aliphatic carbocycles. The number of carbonyl (C=O) groups is 1. The maximum absolute atomic E-state index is 11.9. The highest BCUT2D eigenvalue weighted by Crippen LogP contribution is 2.25. The van der Waals surface area contributed by atoms with Crippen LogP contribution < -0.4 is 11.2 Å². The number of aromatic nitrogens is 3. The first-order chi connectivity index (χ1) is 9.97. The third-order valence-corrected chi connectivity index (χ3v) is 4.39. The standard InChI is InChI=1S/C12H13Cl2N5OS/c1-7(8-2-3-9(13)10(14)4-8)17-11(20)5-21-12-18-16-6-19(12)15/h2-4,6-7H,5,15H2,1H3,(H,17,20)/t7-/m0/s1. The van der Waals surface area contributed by atoms with Crippen LogP contribution in [0.4, 0.5) is 0 Å². The molecule has 0 aliphatic rings. The van der Waals surface area contributed by atoms with Gasteiger partial charge in [-0.25, -0.2) is 4.68 Å². The van der Waals surface area contributed by atoms with E-state index >= 15 is 0 Å². The van der Waals surface area contributed by atoms with Gasteiger partial charge in [0.1, 0.15) is 6.33 Å². The van der Waals surface area contributed by atoms with E-state index in [0.29, 0.717) is 15.2 Å². The lowest BCUT2D eigenvalue weighted by atomic mass is 10.1. The summed E-state index contributed by atoms with van der Waals surface area (Å²) in [4.78, 5) is 11.9. The molecular weight excluding hydrogens is 333 g/mol. The van der Waals surface area contributed by atoms with Crippen molar-refractivity contribution in [3.8, 4) is 0 Å². The van der Waals surface area contributed by atoms with Crippen molar-refractivity contribution in [3.05, 3.63) is 40.1 Å². The van der Waals surface area contributed by atoms with Gasteiger partial charge in [-0.3, -0.25) is 4.79 Å². The molecule has 1 heterocycles. The molecule has 0 radical (unpaired) electrons. The normalized spacial score (nSPS) is 12.1. The number of hydrogen-bond donors (Lipinski definition) is 2. The van der Waals surface area contributed by atoms with Crippen molar-refractivity contribution in [2.24, 2.45) is 0 Å². The Kier molecular flexibility index (Phi) is 5.33. The SMILES string of the molecule is C[C@H](NC(=O)CSc1nncn1N)c1ccc(Cl)c(Cl)c1. The molecular formula is C12H13Cl2N5OS. The average Bonchev–Trinajstić information content (AvgIpc) is 2.85. The van der Waals surface area contributed by atoms with Gasteiger partial charge in [0.2, 0.25) is 11.1 Å². The van der Waals surface area contributed by atoms with Crippen LogP contribution in [0.2, 0.25) is 10.0 Å². The predicted molar refractivity (Wildman–Crippen MR) is 83.9 cm³/mol. The van der Waals surface area contributed by atoms with E-state index < -0.39 is 0 Å². The highest BCUT2D eigenvalue weighted by atomic mass is 35.5. The van der Waals surface area contributed by atoms with Crippen LogP contribution in [-0.4, -0.2) is 26.5 Å². The fraction of sp³-hybridized carbons (Fsp3) is 0.250. The molecule has 9 heteroatoms. The highest BCUT2D eigenvalue weighted by Gasteiger charge is 2.12. The van der Waals surface area contributed by atoms with Crippen LogP contribution in [-0.2, 0) is 4.79 Å². The van der Waals surface area contributed by atoms with Crippen LogP contribution in [0.25, 0.3) is 0 Å². The minimum Gasteiger partial charge on any atom is -0.349 e. The maximum atomic E-state index is 11.9. The molecule has 2 aromatic rings. The molecule has 0 saturated carbocycles. The maximum Gasteiger partial charge on any atom is 0.230 e. The first-order valence-corrected chi connectivity index (χ1v) is 7.73. The van der Waals surface area contributed by atoms with Gasteiger partial charge in [0, 0.05) is 0 Å². The lowest BCUT2D eigenvalue weighted by Gasteiger charge is -2.14. The molecule has 0 saturated heterocycles.